The van der Waals surface area contributed by atoms with Crippen LogP contribution in [0.3, 0.4) is 0 Å². The Morgan fingerprint density at radius 1 is 0.933 bits per heavy atom. The van der Waals surface area contributed by atoms with E-state index in [9.17, 15) is 13.2 Å². The van der Waals surface area contributed by atoms with Crippen LogP contribution in [0.15, 0.2) is 42.5 Å². The van der Waals surface area contributed by atoms with Gasteiger partial charge in [0.15, 0.2) is 0 Å². The number of rotatable bonds is 7. The zero-order valence-corrected chi connectivity index (χ0v) is 17.5. The van der Waals surface area contributed by atoms with Gasteiger partial charge in [0.25, 0.3) is 0 Å². The minimum Gasteiger partial charge on any atom is -0.406 e. The van der Waals surface area contributed by atoms with Crippen LogP contribution in [0, 0.1) is 13.8 Å². The minimum atomic E-state index is -4.68. The second-order valence-electron chi connectivity index (χ2n) is 7.53. The highest BCUT2D eigenvalue weighted by molar-refractivity contribution is 5.87. The number of halogens is 3. The molecule has 0 saturated carbocycles. The Morgan fingerprint density at radius 3 is 2.33 bits per heavy atom. The van der Waals surface area contributed by atoms with Crippen molar-refractivity contribution < 1.29 is 17.9 Å². The molecule has 0 atom stereocenters. The van der Waals surface area contributed by atoms with E-state index < -0.39 is 6.36 Å². The molecule has 2 aromatic carbocycles. The third-order valence-corrected chi connectivity index (χ3v) is 5.13. The van der Waals surface area contributed by atoms with Crippen molar-refractivity contribution in [1.29, 1.82) is 0 Å². The Labute approximate surface area is 175 Å². The summed E-state index contributed by atoms with van der Waals surface area (Å²) in [4.78, 5) is 4.90. The molecule has 1 aromatic heterocycles. The maximum absolute atomic E-state index is 12.3. The van der Waals surface area contributed by atoms with Crippen LogP contribution < -0.4 is 4.74 Å². The molecule has 0 unspecified atom stereocenters. The smallest absolute Gasteiger partial charge is 0.406 e. The normalized spacial score (nSPS) is 12.1. The Hall–Kier alpha value is -2.82. The van der Waals surface area contributed by atoms with Gasteiger partial charge in [-0.3, -0.25) is 0 Å². The van der Waals surface area contributed by atoms with Crippen molar-refractivity contribution >= 4 is 23.1 Å². The maximum Gasteiger partial charge on any atom is 0.573 e. The van der Waals surface area contributed by atoms with Crippen molar-refractivity contribution in [3.8, 4) is 5.75 Å². The van der Waals surface area contributed by atoms with E-state index in [-0.39, 0.29) is 5.75 Å². The molecule has 0 amide bonds. The number of hydrogen-bond acceptors (Lipinski definition) is 2. The SMILES string of the molecule is CCCCCc1c(C)cc(C)c2ccc(C=Cc3ccc(OC(F)(F)F)cc3)nc12. The van der Waals surface area contributed by atoms with Gasteiger partial charge in [0.05, 0.1) is 11.2 Å². The summed E-state index contributed by atoms with van der Waals surface area (Å²) in [6, 6.07) is 12.1. The van der Waals surface area contributed by atoms with E-state index >= 15 is 0 Å². The van der Waals surface area contributed by atoms with Crippen molar-refractivity contribution in [2.24, 2.45) is 0 Å². The van der Waals surface area contributed by atoms with Crippen LogP contribution in [-0.2, 0) is 6.42 Å². The average molecular weight is 413 g/mol. The molecule has 1 heterocycles. The topological polar surface area (TPSA) is 22.1 Å². The molecular weight excluding hydrogens is 387 g/mol. The van der Waals surface area contributed by atoms with E-state index in [2.05, 4.69) is 37.6 Å². The molecular formula is C25H26F3NO. The van der Waals surface area contributed by atoms with Crippen molar-refractivity contribution in [2.45, 2.75) is 52.8 Å². The van der Waals surface area contributed by atoms with Crippen LogP contribution in [0.2, 0.25) is 0 Å². The first-order valence-electron chi connectivity index (χ1n) is 10.2. The van der Waals surface area contributed by atoms with Gasteiger partial charge in [-0.05, 0) is 73.2 Å². The van der Waals surface area contributed by atoms with Gasteiger partial charge in [0.2, 0.25) is 0 Å². The summed E-state index contributed by atoms with van der Waals surface area (Å²) in [7, 11) is 0. The first-order valence-corrected chi connectivity index (χ1v) is 10.2. The fourth-order valence-corrected chi connectivity index (χ4v) is 3.62. The summed E-state index contributed by atoms with van der Waals surface area (Å²) in [5.74, 6) is -0.230. The van der Waals surface area contributed by atoms with E-state index in [1.54, 1.807) is 12.1 Å². The molecule has 0 aliphatic heterocycles. The lowest BCUT2D eigenvalue weighted by Gasteiger charge is -2.13. The third kappa shape index (κ3) is 5.62. The molecule has 0 bridgehead atoms. The highest BCUT2D eigenvalue weighted by Crippen LogP contribution is 2.27. The molecule has 0 radical (unpaired) electrons. The second-order valence-corrected chi connectivity index (χ2v) is 7.53. The van der Waals surface area contributed by atoms with E-state index in [4.69, 9.17) is 4.98 Å². The molecule has 0 aliphatic carbocycles. The highest BCUT2D eigenvalue weighted by atomic mass is 19.4. The number of aryl methyl sites for hydroxylation is 3. The number of alkyl halides is 3. The number of ether oxygens (including phenoxy) is 1. The molecule has 3 aromatic rings. The third-order valence-electron chi connectivity index (χ3n) is 5.13. The van der Waals surface area contributed by atoms with Gasteiger partial charge in [-0.25, -0.2) is 4.98 Å². The van der Waals surface area contributed by atoms with Crippen molar-refractivity contribution in [3.63, 3.8) is 0 Å². The molecule has 0 saturated heterocycles. The largest absolute Gasteiger partial charge is 0.573 e. The molecule has 2 nitrogen and oxygen atoms in total. The van der Waals surface area contributed by atoms with Crippen molar-refractivity contribution in [3.05, 3.63) is 70.4 Å². The number of hydrogen-bond donors (Lipinski definition) is 0. The minimum absolute atomic E-state index is 0.230. The number of unbranched alkanes of at least 4 members (excludes halogenated alkanes) is 2. The van der Waals surface area contributed by atoms with E-state index in [0.29, 0.717) is 0 Å². The molecule has 0 aliphatic rings. The van der Waals surface area contributed by atoms with Crippen LogP contribution >= 0.6 is 0 Å². The summed E-state index contributed by atoms with van der Waals surface area (Å²) in [5.41, 5.74) is 6.41. The van der Waals surface area contributed by atoms with Gasteiger partial charge in [-0.1, -0.05) is 50.1 Å². The molecule has 30 heavy (non-hydrogen) atoms. The highest BCUT2D eigenvalue weighted by Gasteiger charge is 2.30. The Morgan fingerprint density at radius 2 is 1.67 bits per heavy atom. The van der Waals surface area contributed by atoms with Gasteiger partial charge in [-0.15, -0.1) is 13.2 Å². The first kappa shape index (κ1) is 21.9. The van der Waals surface area contributed by atoms with E-state index in [1.165, 1.54) is 41.7 Å². The van der Waals surface area contributed by atoms with Gasteiger partial charge in [0, 0.05) is 5.39 Å². The molecule has 3 rings (SSSR count). The summed E-state index contributed by atoms with van der Waals surface area (Å²) in [5, 5.41) is 1.16. The van der Waals surface area contributed by atoms with Crippen LogP contribution in [-0.4, -0.2) is 11.3 Å². The quantitative estimate of drug-likeness (QED) is 0.371. The predicted molar refractivity (Wildman–Crippen MR) is 116 cm³/mol. The average Bonchev–Trinajstić information content (AvgIpc) is 2.68. The Balaban J connectivity index is 1.86. The van der Waals surface area contributed by atoms with Gasteiger partial charge < -0.3 is 4.74 Å². The fraction of sp³-hybridized carbons (Fsp3) is 0.320. The van der Waals surface area contributed by atoms with Crippen molar-refractivity contribution in [1.82, 2.24) is 4.98 Å². The van der Waals surface area contributed by atoms with Crippen LogP contribution in [0.1, 0.15) is 54.1 Å². The van der Waals surface area contributed by atoms with E-state index in [1.807, 2.05) is 18.2 Å². The van der Waals surface area contributed by atoms with Crippen LogP contribution in [0.5, 0.6) is 5.75 Å². The molecule has 5 heteroatoms. The van der Waals surface area contributed by atoms with Gasteiger partial charge in [-0.2, -0.15) is 0 Å². The predicted octanol–water partition coefficient (Wildman–Crippen LogP) is 7.65. The number of benzene rings is 2. The number of pyridine rings is 1. The molecule has 158 valence electrons. The van der Waals surface area contributed by atoms with Gasteiger partial charge in [0.1, 0.15) is 5.75 Å². The second kappa shape index (κ2) is 9.33. The monoisotopic (exact) mass is 413 g/mol. The zero-order valence-electron chi connectivity index (χ0n) is 17.5. The van der Waals surface area contributed by atoms with Crippen molar-refractivity contribution in [2.75, 3.05) is 0 Å². The fourth-order valence-electron chi connectivity index (χ4n) is 3.62. The Bertz CT molecular complexity index is 1040. The zero-order chi connectivity index (χ0) is 21.7. The van der Waals surface area contributed by atoms with Gasteiger partial charge >= 0.3 is 6.36 Å². The standard InChI is InChI=1S/C25H26F3NO/c1-4-5-6-7-22-17(2)16-18(3)23-15-12-20(29-24(22)23)11-8-19-9-13-21(14-10-19)30-25(26,27)28/h8-16H,4-7H2,1-3H3. The first-order chi connectivity index (χ1) is 14.3. The van der Waals surface area contributed by atoms with Crippen LogP contribution in [0.4, 0.5) is 13.2 Å². The summed E-state index contributed by atoms with van der Waals surface area (Å²) >= 11 is 0. The summed E-state index contributed by atoms with van der Waals surface area (Å²) < 4.78 is 40.8. The number of aromatic nitrogens is 1. The van der Waals surface area contributed by atoms with Crippen LogP contribution in [0.25, 0.3) is 23.1 Å². The van der Waals surface area contributed by atoms with E-state index in [0.717, 1.165) is 35.0 Å². The lowest BCUT2D eigenvalue weighted by Crippen LogP contribution is -2.16. The maximum atomic E-state index is 12.3. The molecule has 0 N–H and O–H groups in total. The molecule has 0 fully saturated rings. The Kier molecular flexibility index (Phi) is 6.80. The molecule has 0 spiro atoms. The number of nitrogens with zero attached hydrogens (tertiary/aromatic N) is 1. The lowest BCUT2D eigenvalue weighted by atomic mass is 9.95. The summed E-state index contributed by atoms with van der Waals surface area (Å²) in [6.45, 7) is 6.44. The summed E-state index contributed by atoms with van der Waals surface area (Å²) in [6.07, 6.45) is 3.56. The number of fused-ring (bicyclic) bond motifs is 1. The lowest BCUT2D eigenvalue weighted by molar-refractivity contribution is -0.274.